The van der Waals surface area contributed by atoms with Gasteiger partial charge in [-0.1, -0.05) is 146 Å². The molecule has 0 amide bonds. The highest BCUT2D eigenvalue weighted by molar-refractivity contribution is 6.09. The molecular formula is C46H28N2. The molecule has 0 aromatic heterocycles. The van der Waals surface area contributed by atoms with Gasteiger partial charge >= 0.3 is 0 Å². The van der Waals surface area contributed by atoms with Gasteiger partial charge in [0.25, 0.3) is 0 Å². The molecule has 0 bridgehead atoms. The summed E-state index contributed by atoms with van der Waals surface area (Å²) in [5.74, 6) is 0. The summed E-state index contributed by atoms with van der Waals surface area (Å²) < 4.78 is 0. The molecule has 0 saturated carbocycles. The molecule has 0 atom stereocenters. The molecule has 8 aromatic carbocycles. The van der Waals surface area contributed by atoms with Gasteiger partial charge in [-0.05, 0) is 74.0 Å². The van der Waals surface area contributed by atoms with Gasteiger partial charge in [-0.25, -0.2) is 9.98 Å². The molecule has 0 fully saturated rings. The first-order valence-electron chi connectivity index (χ1n) is 16.4. The molecule has 2 aliphatic heterocycles. The van der Waals surface area contributed by atoms with Crippen LogP contribution in [0.15, 0.2) is 180 Å². The van der Waals surface area contributed by atoms with E-state index in [4.69, 9.17) is 9.98 Å². The minimum absolute atomic E-state index is 0.971. The molecular weight excluding hydrogens is 581 g/mol. The minimum Gasteiger partial charge on any atom is -0.248 e. The lowest BCUT2D eigenvalue weighted by molar-refractivity contribution is 1.36. The maximum absolute atomic E-state index is 5.24. The van der Waals surface area contributed by atoms with Crippen molar-refractivity contribution in [2.24, 2.45) is 9.98 Å². The minimum atomic E-state index is 0.971. The van der Waals surface area contributed by atoms with Crippen molar-refractivity contribution in [1.29, 1.82) is 0 Å². The molecule has 0 saturated heterocycles. The summed E-state index contributed by atoms with van der Waals surface area (Å²) in [6.07, 6.45) is 0. The van der Waals surface area contributed by atoms with Crippen LogP contribution in [0.1, 0.15) is 0 Å². The largest absolute Gasteiger partial charge is 0.248 e. The zero-order chi connectivity index (χ0) is 31.6. The normalized spacial score (nSPS) is 12.1. The standard InChI is InChI=1S/C46H28N2/c1-2-13-29(14-3-1)32-18-6-9-22-37(32)43-38(35-20-8-7-19-34(35)33-23-12-16-30-15-4-5-17-31(30)33)25-27-41-44(43)45-42(47-41)28-26-39-36-21-10-11-24-40(36)48-46(39)45/h1-28H. The molecule has 222 valence electrons. The molecule has 8 aromatic rings. The van der Waals surface area contributed by atoms with E-state index in [0.29, 0.717) is 0 Å². The van der Waals surface area contributed by atoms with Crippen LogP contribution in [0.4, 0.5) is 11.4 Å². The van der Waals surface area contributed by atoms with Crippen LogP contribution in [0.2, 0.25) is 0 Å². The average molecular weight is 609 g/mol. The zero-order valence-electron chi connectivity index (χ0n) is 26.1. The van der Waals surface area contributed by atoms with E-state index in [1.165, 1.54) is 60.5 Å². The number of para-hydroxylation sites is 1. The third-order valence-electron chi connectivity index (χ3n) is 9.83. The Labute approximate surface area is 278 Å². The number of rotatable bonds is 4. The molecule has 48 heavy (non-hydrogen) atoms. The van der Waals surface area contributed by atoms with E-state index in [1.54, 1.807) is 0 Å². The van der Waals surface area contributed by atoms with E-state index in [0.717, 1.165) is 38.4 Å². The number of nitrogens with zero attached hydrogens (tertiary/aromatic N) is 2. The van der Waals surface area contributed by atoms with Gasteiger partial charge in [0, 0.05) is 27.1 Å². The summed E-state index contributed by atoms with van der Waals surface area (Å²) >= 11 is 0. The van der Waals surface area contributed by atoms with Crippen LogP contribution in [-0.2, 0) is 0 Å². The van der Waals surface area contributed by atoms with Crippen LogP contribution >= 0.6 is 0 Å². The number of fused-ring (bicyclic) bond motifs is 7. The van der Waals surface area contributed by atoms with Gasteiger partial charge in [0.05, 0.1) is 22.1 Å². The smallest absolute Gasteiger partial charge is 0.0817 e. The maximum atomic E-state index is 5.24. The molecule has 0 spiro atoms. The topological polar surface area (TPSA) is 24.7 Å². The van der Waals surface area contributed by atoms with Crippen molar-refractivity contribution in [3.63, 3.8) is 0 Å². The predicted molar refractivity (Wildman–Crippen MR) is 197 cm³/mol. The van der Waals surface area contributed by atoms with E-state index < -0.39 is 0 Å². The van der Waals surface area contributed by atoms with Crippen molar-refractivity contribution in [1.82, 2.24) is 0 Å². The fourth-order valence-corrected chi connectivity index (χ4v) is 7.73. The molecule has 0 aliphatic carbocycles. The number of hydrogen-bond acceptors (Lipinski definition) is 2. The van der Waals surface area contributed by atoms with Crippen molar-refractivity contribution in [3.05, 3.63) is 191 Å². The Bertz CT molecular complexity index is 2830. The van der Waals surface area contributed by atoms with E-state index in [2.05, 4.69) is 170 Å². The SMILES string of the molecule is c1ccc(-c2ccccc2-c2c(-c3ccccc3-c3cccc4ccccc34)ccc3c2-c2c4c(ccc2=N3)=c2ccccc2=N4)cc1. The van der Waals surface area contributed by atoms with Crippen molar-refractivity contribution >= 4 is 22.1 Å². The van der Waals surface area contributed by atoms with Gasteiger partial charge < -0.3 is 0 Å². The third kappa shape index (κ3) is 4.00. The molecule has 2 aliphatic rings. The molecule has 10 rings (SSSR count). The summed E-state index contributed by atoms with van der Waals surface area (Å²) in [6, 6.07) is 60.9. The van der Waals surface area contributed by atoms with Gasteiger partial charge in [-0.3, -0.25) is 0 Å². The first-order chi connectivity index (χ1) is 23.8. The first-order valence-corrected chi connectivity index (χ1v) is 16.4. The van der Waals surface area contributed by atoms with E-state index in [9.17, 15) is 0 Å². The second-order valence-corrected chi connectivity index (χ2v) is 12.5. The van der Waals surface area contributed by atoms with E-state index >= 15 is 0 Å². The Morgan fingerprint density at radius 2 is 0.979 bits per heavy atom. The van der Waals surface area contributed by atoms with Gasteiger partial charge in [-0.2, -0.15) is 0 Å². The van der Waals surface area contributed by atoms with Gasteiger partial charge in [-0.15, -0.1) is 0 Å². The monoisotopic (exact) mass is 608 g/mol. The highest BCUT2D eigenvalue weighted by Crippen LogP contribution is 2.52. The highest BCUT2D eigenvalue weighted by atomic mass is 14.8. The third-order valence-corrected chi connectivity index (χ3v) is 9.83. The predicted octanol–water partition coefficient (Wildman–Crippen LogP) is 11.0. The Kier molecular flexibility index (Phi) is 5.91. The summed E-state index contributed by atoms with van der Waals surface area (Å²) in [7, 11) is 0. The molecule has 2 nitrogen and oxygen atoms in total. The molecule has 2 heteroatoms. The molecule has 2 heterocycles. The summed E-state index contributed by atoms with van der Waals surface area (Å²) in [6.45, 7) is 0. The van der Waals surface area contributed by atoms with E-state index in [-0.39, 0.29) is 0 Å². The quantitative estimate of drug-likeness (QED) is 0.190. The fourth-order valence-electron chi connectivity index (χ4n) is 7.73. The maximum Gasteiger partial charge on any atom is 0.0817 e. The Morgan fingerprint density at radius 3 is 1.85 bits per heavy atom. The van der Waals surface area contributed by atoms with Crippen molar-refractivity contribution < 1.29 is 0 Å². The van der Waals surface area contributed by atoms with Gasteiger partial charge in [0.15, 0.2) is 0 Å². The Morgan fingerprint density at radius 1 is 0.312 bits per heavy atom. The molecule has 0 radical (unpaired) electrons. The fraction of sp³-hybridized carbons (Fsp3) is 0. The number of hydrogen-bond donors (Lipinski definition) is 0. The number of benzene rings is 8. The van der Waals surface area contributed by atoms with Crippen LogP contribution in [0, 0.1) is 10.4 Å². The van der Waals surface area contributed by atoms with Crippen LogP contribution in [0.5, 0.6) is 0 Å². The van der Waals surface area contributed by atoms with Gasteiger partial charge in [0.2, 0.25) is 0 Å². The summed E-state index contributed by atoms with van der Waals surface area (Å²) in [4.78, 5) is 10.5. The van der Waals surface area contributed by atoms with Crippen LogP contribution in [-0.4, -0.2) is 0 Å². The average Bonchev–Trinajstić information content (AvgIpc) is 3.73. The Balaban J connectivity index is 1.34. The van der Waals surface area contributed by atoms with Crippen LogP contribution in [0.25, 0.3) is 66.4 Å². The summed E-state index contributed by atoms with van der Waals surface area (Å²) in [5.41, 5.74) is 13.8. The second kappa shape index (κ2) is 10.6. The van der Waals surface area contributed by atoms with Gasteiger partial charge in [0.1, 0.15) is 0 Å². The lowest BCUT2D eigenvalue weighted by Crippen LogP contribution is -2.02. The van der Waals surface area contributed by atoms with Crippen molar-refractivity contribution in [2.75, 3.05) is 0 Å². The first kappa shape index (κ1) is 26.8. The van der Waals surface area contributed by atoms with Crippen LogP contribution in [0.3, 0.4) is 0 Å². The lowest BCUT2D eigenvalue weighted by atomic mass is 9.82. The van der Waals surface area contributed by atoms with Crippen molar-refractivity contribution in [2.45, 2.75) is 0 Å². The van der Waals surface area contributed by atoms with Crippen LogP contribution < -0.4 is 10.7 Å². The lowest BCUT2D eigenvalue weighted by Gasteiger charge is -2.21. The molecule has 0 unspecified atom stereocenters. The highest BCUT2D eigenvalue weighted by Gasteiger charge is 2.28. The van der Waals surface area contributed by atoms with Crippen molar-refractivity contribution in [3.8, 4) is 55.6 Å². The second-order valence-electron chi connectivity index (χ2n) is 12.5. The molecule has 0 N–H and O–H groups in total. The Hall–Kier alpha value is -6.38. The zero-order valence-corrected chi connectivity index (χ0v) is 26.1. The van der Waals surface area contributed by atoms with E-state index in [1.807, 2.05) is 0 Å². The summed E-state index contributed by atoms with van der Waals surface area (Å²) in [5, 5.41) is 6.80.